The summed E-state index contributed by atoms with van der Waals surface area (Å²) in [6, 6.07) is 6.93. The first-order chi connectivity index (χ1) is 14.2. The Hall–Kier alpha value is -2.23. The number of nitrogens with zero attached hydrogens (tertiary/aromatic N) is 4. The molecule has 0 amide bonds. The van der Waals surface area contributed by atoms with Crippen molar-refractivity contribution in [2.75, 3.05) is 36.0 Å². The summed E-state index contributed by atoms with van der Waals surface area (Å²) in [7, 11) is -3.77. The molecular weight excluding hydrogens is 418 g/mol. The molecule has 0 spiro atoms. The summed E-state index contributed by atoms with van der Waals surface area (Å²) in [5.41, 5.74) is 1.97. The normalized spacial score (nSPS) is 15.4. The first-order valence-electron chi connectivity index (χ1n) is 10.1. The number of aryl methyl sites for hydroxylation is 1. The average Bonchev–Trinajstić information content (AvgIpc) is 3.08. The second-order valence-electron chi connectivity index (χ2n) is 8.12. The van der Waals surface area contributed by atoms with Crippen molar-refractivity contribution in [2.24, 2.45) is 11.1 Å². The molecule has 1 fully saturated rings. The number of thiophene rings is 1. The monoisotopic (exact) mass is 445 g/mol. The lowest BCUT2D eigenvalue weighted by atomic mass is 10.0. The van der Waals surface area contributed by atoms with Gasteiger partial charge >= 0.3 is 0 Å². The smallest absolute Gasteiger partial charge is 0.240 e. The Morgan fingerprint density at radius 1 is 1.10 bits per heavy atom. The lowest BCUT2D eigenvalue weighted by molar-refractivity contribution is 0.595. The Balaban J connectivity index is 1.63. The Kier molecular flexibility index (Phi) is 5.69. The predicted octanol–water partition coefficient (Wildman–Crippen LogP) is 3.17. The van der Waals surface area contributed by atoms with Gasteiger partial charge in [0, 0.05) is 26.2 Å². The number of anilines is 2. The van der Waals surface area contributed by atoms with Gasteiger partial charge in [0.1, 0.15) is 21.4 Å². The van der Waals surface area contributed by atoms with E-state index in [9.17, 15) is 8.42 Å². The van der Waals surface area contributed by atoms with Gasteiger partial charge in [-0.15, -0.1) is 11.3 Å². The summed E-state index contributed by atoms with van der Waals surface area (Å²) in [5, 5.41) is 8.80. The highest BCUT2D eigenvalue weighted by Crippen LogP contribution is 2.34. The minimum atomic E-state index is -3.77. The van der Waals surface area contributed by atoms with Crippen LogP contribution in [0.1, 0.15) is 25.2 Å². The third kappa shape index (κ3) is 4.14. The van der Waals surface area contributed by atoms with Crippen LogP contribution in [0, 0.1) is 12.8 Å². The van der Waals surface area contributed by atoms with Gasteiger partial charge in [-0.1, -0.05) is 26.0 Å². The molecule has 7 nitrogen and oxygen atoms in total. The summed E-state index contributed by atoms with van der Waals surface area (Å²) in [6.45, 7) is 9.27. The lowest BCUT2D eigenvalue weighted by Gasteiger charge is -2.37. The Bertz CT molecular complexity index is 1170. The molecule has 4 rings (SSSR count). The van der Waals surface area contributed by atoms with Gasteiger partial charge in [0.25, 0.3) is 0 Å². The second-order valence-corrected chi connectivity index (χ2v) is 10.5. The van der Waals surface area contributed by atoms with Crippen LogP contribution in [-0.2, 0) is 16.4 Å². The highest BCUT2D eigenvalue weighted by molar-refractivity contribution is 7.89. The molecule has 1 aromatic carbocycles. The zero-order valence-corrected chi connectivity index (χ0v) is 19.1. The van der Waals surface area contributed by atoms with Gasteiger partial charge in [-0.3, -0.25) is 0 Å². The quantitative estimate of drug-likeness (QED) is 0.648. The van der Waals surface area contributed by atoms with Crippen LogP contribution >= 0.6 is 11.3 Å². The predicted molar refractivity (Wildman–Crippen MR) is 123 cm³/mol. The molecule has 0 saturated carbocycles. The van der Waals surface area contributed by atoms with E-state index in [2.05, 4.69) is 34.0 Å². The van der Waals surface area contributed by atoms with E-state index in [0.717, 1.165) is 41.4 Å². The van der Waals surface area contributed by atoms with Crippen molar-refractivity contribution in [3.63, 3.8) is 0 Å². The maximum Gasteiger partial charge on any atom is 0.240 e. The fourth-order valence-corrected chi connectivity index (χ4v) is 5.77. The maximum absolute atomic E-state index is 12.0. The van der Waals surface area contributed by atoms with E-state index in [4.69, 9.17) is 10.1 Å². The molecule has 0 bridgehead atoms. The molecule has 0 aliphatic carbocycles. The molecule has 1 aliphatic heterocycles. The van der Waals surface area contributed by atoms with Crippen molar-refractivity contribution in [2.45, 2.75) is 32.1 Å². The minimum Gasteiger partial charge on any atom is -0.367 e. The van der Waals surface area contributed by atoms with Crippen molar-refractivity contribution in [1.82, 2.24) is 9.97 Å². The number of piperazine rings is 1. The van der Waals surface area contributed by atoms with Crippen LogP contribution in [-0.4, -0.2) is 44.6 Å². The van der Waals surface area contributed by atoms with Crippen LogP contribution in [0.25, 0.3) is 10.2 Å². The fourth-order valence-electron chi connectivity index (χ4n) is 4.02. The Labute approximate surface area is 181 Å². The van der Waals surface area contributed by atoms with Gasteiger partial charge in [-0.25, -0.2) is 23.5 Å². The average molecular weight is 446 g/mol. The summed E-state index contributed by atoms with van der Waals surface area (Å²) in [6.07, 6.45) is 1.00. The SMILES string of the molecule is Cc1nc(N2CCN(c3ccccc3S(N)(=O)=O)CC2)c2c(CC(C)C)csc2n1. The van der Waals surface area contributed by atoms with Crippen LogP contribution in [0.5, 0.6) is 0 Å². The number of nitrogens with two attached hydrogens (primary N) is 1. The maximum atomic E-state index is 12.0. The summed E-state index contributed by atoms with van der Waals surface area (Å²) in [5.74, 6) is 2.33. The van der Waals surface area contributed by atoms with Crippen molar-refractivity contribution >= 4 is 43.1 Å². The third-order valence-electron chi connectivity index (χ3n) is 5.32. The molecule has 0 atom stereocenters. The van der Waals surface area contributed by atoms with Crippen molar-refractivity contribution < 1.29 is 8.42 Å². The number of para-hydroxylation sites is 1. The lowest BCUT2D eigenvalue weighted by Crippen LogP contribution is -2.47. The van der Waals surface area contributed by atoms with E-state index in [-0.39, 0.29) is 4.90 Å². The molecule has 2 aromatic heterocycles. The molecule has 9 heteroatoms. The number of fused-ring (bicyclic) bond motifs is 1. The van der Waals surface area contributed by atoms with Gasteiger partial charge in [0.15, 0.2) is 0 Å². The number of rotatable bonds is 5. The van der Waals surface area contributed by atoms with Gasteiger partial charge in [-0.05, 0) is 42.3 Å². The van der Waals surface area contributed by atoms with Crippen molar-refractivity contribution in [3.8, 4) is 0 Å². The number of primary sulfonamides is 1. The molecule has 1 aliphatic rings. The van der Waals surface area contributed by atoms with Crippen LogP contribution in [0.4, 0.5) is 11.5 Å². The van der Waals surface area contributed by atoms with Gasteiger partial charge in [0.2, 0.25) is 10.0 Å². The molecule has 1 saturated heterocycles. The number of aromatic nitrogens is 2. The molecule has 3 aromatic rings. The molecule has 160 valence electrons. The zero-order chi connectivity index (χ0) is 21.5. The first kappa shape index (κ1) is 21.0. The fraction of sp³-hybridized carbons (Fsp3) is 0.429. The van der Waals surface area contributed by atoms with E-state index >= 15 is 0 Å². The Morgan fingerprint density at radius 3 is 2.43 bits per heavy atom. The van der Waals surface area contributed by atoms with Crippen molar-refractivity contribution in [1.29, 1.82) is 0 Å². The number of hydrogen-bond donors (Lipinski definition) is 1. The third-order valence-corrected chi connectivity index (χ3v) is 7.20. The van der Waals surface area contributed by atoms with Crippen LogP contribution in [0.3, 0.4) is 0 Å². The summed E-state index contributed by atoms with van der Waals surface area (Å²) >= 11 is 1.68. The minimum absolute atomic E-state index is 0.177. The molecule has 3 heterocycles. The highest BCUT2D eigenvalue weighted by Gasteiger charge is 2.25. The molecule has 2 N–H and O–H groups in total. The largest absolute Gasteiger partial charge is 0.367 e. The summed E-state index contributed by atoms with van der Waals surface area (Å²) in [4.78, 5) is 15.1. The first-order valence-corrected chi connectivity index (χ1v) is 12.5. The second kappa shape index (κ2) is 8.13. The number of sulfonamides is 1. The topological polar surface area (TPSA) is 92.4 Å². The van der Waals surface area contributed by atoms with E-state index in [0.29, 0.717) is 24.7 Å². The van der Waals surface area contributed by atoms with E-state index in [1.54, 1.807) is 23.5 Å². The highest BCUT2D eigenvalue weighted by atomic mass is 32.2. The van der Waals surface area contributed by atoms with E-state index < -0.39 is 10.0 Å². The molecule has 0 unspecified atom stereocenters. The van der Waals surface area contributed by atoms with Gasteiger partial charge < -0.3 is 9.80 Å². The van der Waals surface area contributed by atoms with Crippen LogP contribution in [0.15, 0.2) is 34.5 Å². The molecule has 0 radical (unpaired) electrons. The Morgan fingerprint density at radius 2 is 1.77 bits per heavy atom. The van der Waals surface area contributed by atoms with Gasteiger partial charge in [0.05, 0.1) is 11.1 Å². The van der Waals surface area contributed by atoms with Gasteiger partial charge in [-0.2, -0.15) is 0 Å². The zero-order valence-electron chi connectivity index (χ0n) is 17.5. The summed E-state index contributed by atoms with van der Waals surface area (Å²) < 4.78 is 24.0. The van der Waals surface area contributed by atoms with Crippen molar-refractivity contribution in [3.05, 3.63) is 41.0 Å². The number of hydrogen-bond acceptors (Lipinski definition) is 7. The number of benzene rings is 1. The molecular formula is C21H27N5O2S2. The van der Waals surface area contributed by atoms with E-state index in [1.807, 2.05) is 19.1 Å². The standard InChI is InChI=1S/C21H27N5O2S2/c1-14(2)12-16-13-29-21-19(16)20(23-15(3)24-21)26-10-8-25(9-11-26)17-6-4-5-7-18(17)30(22,27)28/h4-7,13-14H,8-12H2,1-3H3,(H2,22,27,28). The van der Waals surface area contributed by atoms with E-state index in [1.165, 1.54) is 5.56 Å². The van der Waals surface area contributed by atoms with Crippen LogP contribution in [0.2, 0.25) is 0 Å². The van der Waals surface area contributed by atoms with Crippen LogP contribution < -0.4 is 14.9 Å². The molecule has 30 heavy (non-hydrogen) atoms.